The van der Waals surface area contributed by atoms with Gasteiger partial charge in [-0.2, -0.15) is 5.10 Å². The van der Waals surface area contributed by atoms with Gasteiger partial charge in [-0.1, -0.05) is 6.07 Å². The van der Waals surface area contributed by atoms with Crippen molar-refractivity contribution in [1.82, 2.24) is 34.2 Å². The number of nitrogens with zero attached hydrogens (tertiary/aromatic N) is 7. The topological polar surface area (TPSA) is 103 Å². The molecule has 0 spiro atoms. The Morgan fingerprint density at radius 1 is 1.20 bits per heavy atom. The van der Waals surface area contributed by atoms with E-state index in [2.05, 4.69) is 20.4 Å². The highest BCUT2D eigenvalue weighted by Gasteiger charge is 2.32. The molecule has 0 bridgehead atoms. The maximum absolute atomic E-state index is 13.5. The van der Waals surface area contributed by atoms with Crippen molar-refractivity contribution in [2.45, 2.75) is 26.4 Å². The molecule has 0 saturated carbocycles. The van der Waals surface area contributed by atoms with Crippen molar-refractivity contribution < 1.29 is 9.53 Å². The van der Waals surface area contributed by atoms with Gasteiger partial charge in [-0.25, -0.2) is 9.97 Å². The lowest BCUT2D eigenvalue weighted by molar-refractivity contribution is 0.0569. The average molecular weight is 473 g/mol. The summed E-state index contributed by atoms with van der Waals surface area (Å²) in [6.07, 6.45) is 5.48. The van der Waals surface area contributed by atoms with Gasteiger partial charge in [-0.05, 0) is 37.6 Å². The quantitative estimate of drug-likeness (QED) is 0.440. The lowest BCUT2D eigenvalue weighted by atomic mass is 10.1. The summed E-state index contributed by atoms with van der Waals surface area (Å²) in [5.74, 6) is 1.21. The SMILES string of the molecule is COC[C@H]1CN(Cc2cccc(C)n2)C(=O)c2cc(-c3nc(Nc4ccnn4C)ncc3C)cn21. The molecule has 1 amide bonds. The molecule has 5 heterocycles. The molecule has 180 valence electrons. The third kappa shape index (κ3) is 4.52. The van der Waals surface area contributed by atoms with Crippen LogP contribution in [0.5, 0.6) is 0 Å². The van der Waals surface area contributed by atoms with E-state index >= 15 is 0 Å². The Bertz CT molecular complexity index is 1380. The van der Waals surface area contributed by atoms with Gasteiger partial charge in [0, 0.05) is 50.4 Å². The Morgan fingerprint density at radius 2 is 2.06 bits per heavy atom. The molecule has 0 unspecified atom stereocenters. The summed E-state index contributed by atoms with van der Waals surface area (Å²) in [7, 11) is 3.52. The van der Waals surface area contributed by atoms with E-state index in [4.69, 9.17) is 9.72 Å². The summed E-state index contributed by atoms with van der Waals surface area (Å²) in [4.78, 5) is 29.1. The van der Waals surface area contributed by atoms with Crippen molar-refractivity contribution in [3.05, 3.63) is 71.6 Å². The molecule has 10 heteroatoms. The van der Waals surface area contributed by atoms with Gasteiger partial charge in [-0.3, -0.25) is 14.5 Å². The number of aromatic nitrogens is 6. The number of rotatable bonds is 7. The molecule has 5 rings (SSSR count). The minimum atomic E-state index is -0.0353. The van der Waals surface area contributed by atoms with E-state index in [1.807, 2.05) is 66.9 Å². The van der Waals surface area contributed by atoms with Gasteiger partial charge in [0.05, 0.1) is 36.8 Å². The molecule has 0 saturated heterocycles. The number of pyridine rings is 1. The maximum atomic E-state index is 13.5. The van der Waals surface area contributed by atoms with Crippen LogP contribution in [0.25, 0.3) is 11.3 Å². The van der Waals surface area contributed by atoms with Crippen LogP contribution in [0, 0.1) is 13.8 Å². The molecule has 1 aliphatic rings. The first-order chi connectivity index (χ1) is 16.9. The molecular weight excluding hydrogens is 444 g/mol. The predicted molar refractivity (Wildman–Crippen MR) is 131 cm³/mol. The number of fused-ring (bicyclic) bond motifs is 1. The molecule has 1 atom stereocenters. The molecule has 10 nitrogen and oxygen atoms in total. The van der Waals surface area contributed by atoms with Crippen LogP contribution in [0.1, 0.15) is 33.5 Å². The summed E-state index contributed by atoms with van der Waals surface area (Å²) in [6.45, 7) is 5.40. The van der Waals surface area contributed by atoms with E-state index in [-0.39, 0.29) is 11.9 Å². The van der Waals surface area contributed by atoms with Crippen molar-refractivity contribution >= 4 is 17.7 Å². The second kappa shape index (κ2) is 9.30. The monoisotopic (exact) mass is 472 g/mol. The number of carbonyl (C=O) groups is 1. The Morgan fingerprint density at radius 3 is 2.80 bits per heavy atom. The van der Waals surface area contributed by atoms with Gasteiger partial charge in [0.1, 0.15) is 11.5 Å². The zero-order valence-corrected chi connectivity index (χ0v) is 20.3. The van der Waals surface area contributed by atoms with Crippen molar-refractivity contribution in [3.63, 3.8) is 0 Å². The van der Waals surface area contributed by atoms with E-state index in [1.54, 1.807) is 24.2 Å². The first-order valence-corrected chi connectivity index (χ1v) is 11.4. The highest BCUT2D eigenvalue weighted by molar-refractivity contribution is 5.95. The van der Waals surface area contributed by atoms with Crippen molar-refractivity contribution in [2.75, 3.05) is 25.6 Å². The predicted octanol–water partition coefficient (Wildman–Crippen LogP) is 3.28. The Kier molecular flexibility index (Phi) is 6.04. The first kappa shape index (κ1) is 22.7. The van der Waals surface area contributed by atoms with Crippen molar-refractivity contribution in [1.29, 1.82) is 0 Å². The lowest BCUT2D eigenvalue weighted by Gasteiger charge is -2.34. The van der Waals surface area contributed by atoms with Crippen LogP contribution in [0.4, 0.5) is 11.8 Å². The third-order valence-electron chi connectivity index (χ3n) is 6.14. The average Bonchev–Trinajstić information content (AvgIpc) is 3.45. The second-order valence-corrected chi connectivity index (χ2v) is 8.78. The van der Waals surface area contributed by atoms with Gasteiger partial charge in [0.25, 0.3) is 5.91 Å². The number of aryl methyl sites for hydroxylation is 3. The molecule has 4 aromatic heterocycles. The molecule has 0 aliphatic carbocycles. The number of ether oxygens (including phenoxy) is 1. The lowest BCUT2D eigenvalue weighted by Crippen LogP contribution is -2.43. The van der Waals surface area contributed by atoms with E-state index < -0.39 is 0 Å². The summed E-state index contributed by atoms with van der Waals surface area (Å²) in [6, 6.07) is 9.62. The number of carbonyl (C=O) groups excluding carboxylic acids is 1. The van der Waals surface area contributed by atoms with Crippen LogP contribution < -0.4 is 5.32 Å². The number of anilines is 2. The van der Waals surface area contributed by atoms with Gasteiger partial charge in [0.15, 0.2) is 0 Å². The number of nitrogens with one attached hydrogen (secondary N) is 1. The van der Waals surface area contributed by atoms with E-state index in [0.29, 0.717) is 31.3 Å². The molecule has 4 aromatic rings. The molecular formula is C25H28N8O2. The first-order valence-electron chi connectivity index (χ1n) is 11.4. The fourth-order valence-corrected chi connectivity index (χ4v) is 4.42. The fourth-order valence-electron chi connectivity index (χ4n) is 4.42. The van der Waals surface area contributed by atoms with Crippen molar-refractivity contribution in [2.24, 2.45) is 7.05 Å². The zero-order chi connectivity index (χ0) is 24.5. The van der Waals surface area contributed by atoms with Gasteiger partial charge in [0.2, 0.25) is 5.95 Å². The van der Waals surface area contributed by atoms with Gasteiger partial charge < -0.3 is 19.5 Å². The van der Waals surface area contributed by atoms with Crippen LogP contribution >= 0.6 is 0 Å². The molecule has 0 aromatic carbocycles. The number of methoxy groups -OCH3 is 1. The molecule has 1 N–H and O–H groups in total. The van der Waals surface area contributed by atoms with Gasteiger partial charge >= 0.3 is 0 Å². The van der Waals surface area contributed by atoms with Gasteiger partial charge in [-0.15, -0.1) is 0 Å². The largest absolute Gasteiger partial charge is 0.382 e. The van der Waals surface area contributed by atoms with Crippen LogP contribution in [0.2, 0.25) is 0 Å². The van der Waals surface area contributed by atoms with Crippen LogP contribution in [0.3, 0.4) is 0 Å². The number of hydrogen-bond acceptors (Lipinski definition) is 7. The van der Waals surface area contributed by atoms with Crippen LogP contribution in [-0.4, -0.2) is 60.4 Å². The minimum Gasteiger partial charge on any atom is -0.382 e. The third-order valence-corrected chi connectivity index (χ3v) is 6.14. The van der Waals surface area contributed by atoms with E-state index in [1.165, 1.54) is 0 Å². The maximum Gasteiger partial charge on any atom is 0.270 e. The summed E-state index contributed by atoms with van der Waals surface area (Å²) >= 11 is 0. The molecule has 1 aliphatic heterocycles. The Balaban J connectivity index is 1.48. The highest BCUT2D eigenvalue weighted by Crippen LogP contribution is 2.31. The van der Waals surface area contributed by atoms with E-state index in [9.17, 15) is 4.79 Å². The van der Waals surface area contributed by atoms with Crippen molar-refractivity contribution in [3.8, 4) is 11.3 Å². The minimum absolute atomic E-state index is 0.0135. The normalized spacial score (nSPS) is 15.4. The second-order valence-electron chi connectivity index (χ2n) is 8.78. The number of amides is 1. The fraction of sp³-hybridized carbons (Fsp3) is 0.320. The number of hydrogen-bond donors (Lipinski definition) is 1. The summed E-state index contributed by atoms with van der Waals surface area (Å²) in [5.41, 5.74) is 4.95. The van der Waals surface area contributed by atoms with Crippen LogP contribution in [0.15, 0.2) is 48.9 Å². The van der Waals surface area contributed by atoms with E-state index in [0.717, 1.165) is 34.0 Å². The standard InChI is InChI=1S/C25H28N8O2/c1-16-11-26-25(29-22-8-9-27-31(22)3)30-23(16)18-10-21-24(34)32(13-19-7-5-6-17(2)28-19)14-20(15-35-4)33(21)12-18/h5-12,20H,13-15H2,1-4H3,(H,26,29,30)/t20-/m1/s1. The zero-order valence-electron chi connectivity index (χ0n) is 20.3. The van der Waals surface area contributed by atoms with Crippen LogP contribution in [-0.2, 0) is 18.3 Å². The Labute approximate surface area is 203 Å². The smallest absolute Gasteiger partial charge is 0.270 e. The summed E-state index contributed by atoms with van der Waals surface area (Å²) in [5, 5.41) is 7.37. The summed E-state index contributed by atoms with van der Waals surface area (Å²) < 4.78 is 9.23. The highest BCUT2D eigenvalue weighted by atomic mass is 16.5. The molecule has 0 radical (unpaired) electrons. The Hall–Kier alpha value is -4.05. The molecule has 35 heavy (non-hydrogen) atoms. The molecule has 0 fully saturated rings.